The average Bonchev–Trinajstić information content (AvgIpc) is 3.27. The van der Waals surface area contributed by atoms with Gasteiger partial charge in [0.05, 0.1) is 23.2 Å². The van der Waals surface area contributed by atoms with Crippen LogP contribution in [0.4, 0.5) is 5.69 Å². The van der Waals surface area contributed by atoms with Crippen LogP contribution < -0.4 is 9.47 Å². The zero-order valence-corrected chi connectivity index (χ0v) is 20.0. The van der Waals surface area contributed by atoms with Gasteiger partial charge in [-0.25, -0.2) is 0 Å². The predicted octanol–water partition coefficient (Wildman–Crippen LogP) is 4.99. The van der Waals surface area contributed by atoms with E-state index in [1.165, 1.54) is 29.9 Å². The van der Waals surface area contributed by atoms with E-state index in [4.69, 9.17) is 14.9 Å². The van der Waals surface area contributed by atoms with Crippen molar-refractivity contribution >= 4 is 45.5 Å². The number of hydrogen-bond acceptors (Lipinski definition) is 8. The lowest BCUT2D eigenvalue weighted by Crippen LogP contribution is -2.35. The first-order valence-electron chi connectivity index (χ1n) is 10.9. The Morgan fingerprint density at radius 3 is 2.77 bits per heavy atom. The van der Waals surface area contributed by atoms with Gasteiger partial charge < -0.3 is 9.47 Å². The Kier molecular flexibility index (Phi) is 7.25. The number of para-hydroxylation sites is 1. The number of methoxy groups -OCH3 is 1. The summed E-state index contributed by atoms with van der Waals surface area (Å²) in [6.07, 6.45) is 4.34. The normalized spacial score (nSPS) is 16.2. The van der Waals surface area contributed by atoms with Crippen molar-refractivity contribution in [3.8, 4) is 11.5 Å². The molecule has 0 radical (unpaired) electrons. The van der Waals surface area contributed by atoms with E-state index in [-0.39, 0.29) is 23.7 Å². The van der Waals surface area contributed by atoms with Crippen LogP contribution in [0.25, 0.3) is 6.08 Å². The Morgan fingerprint density at radius 2 is 2.03 bits per heavy atom. The molecule has 0 aromatic heterocycles. The van der Waals surface area contributed by atoms with Crippen LogP contribution in [0.1, 0.15) is 37.3 Å². The van der Waals surface area contributed by atoms with Crippen molar-refractivity contribution in [2.24, 2.45) is 10.1 Å². The first-order chi connectivity index (χ1) is 16.9. The van der Waals surface area contributed by atoms with E-state index in [1.54, 1.807) is 42.5 Å². The maximum Gasteiger partial charge on any atom is 0.283 e. The minimum Gasteiger partial charge on any atom is -0.493 e. The average molecular weight is 494 g/mol. The van der Waals surface area contributed by atoms with Gasteiger partial charge in [0, 0.05) is 6.07 Å². The van der Waals surface area contributed by atoms with Crippen molar-refractivity contribution in [3.63, 3.8) is 0 Å². The summed E-state index contributed by atoms with van der Waals surface area (Å²) in [4.78, 5) is 27.5. The van der Waals surface area contributed by atoms with Crippen molar-refractivity contribution in [1.29, 1.82) is 5.41 Å². The number of unbranched alkanes of at least 4 members (excludes halogenated alkanes) is 1. The van der Waals surface area contributed by atoms with Crippen LogP contribution in [0, 0.1) is 15.5 Å². The number of hydrazone groups is 1. The standard InChI is InChI=1S/C24H23N5O5S/c1-3-4-9-21-27-28-22(25)17(23(30)26-24(28)35-21)12-15-10-11-19(20(13-15)33-2)34-14-16-7-5-6-8-18(16)29(31)32/h5-8,10-13,25H,3-4,9,14H2,1-2H3. The number of amides is 1. The molecule has 0 saturated heterocycles. The second-order valence-electron chi connectivity index (χ2n) is 7.70. The van der Waals surface area contributed by atoms with Crippen molar-refractivity contribution < 1.29 is 19.2 Å². The molecule has 0 spiro atoms. The van der Waals surface area contributed by atoms with Crippen LogP contribution in [-0.4, -0.2) is 39.0 Å². The lowest BCUT2D eigenvalue weighted by molar-refractivity contribution is -0.385. The Hall–Kier alpha value is -3.99. The third-order valence-corrected chi connectivity index (χ3v) is 6.28. The van der Waals surface area contributed by atoms with E-state index in [9.17, 15) is 14.9 Å². The van der Waals surface area contributed by atoms with Crippen LogP contribution in [0.3, 0.4) is 0 Å². The van der Waals surface area contributed by atoms with Crippen LogP contribution in [-0.2, 0) is 11.4 Å². The summed E-state index contributed by atoms with van der Waals surface area (Å²) in [6, 6.07) is 11.4. The lowest BCUT2D eigenvalue weighted by atomic mass is 10.1. The van der Waals surface area contributed by atoms with E-state index < -0.39 is 10.8 Å². The van der Waals surface area contributed by atoms with Gasteiger partial charge in [-0.2, -0.15) is 15.1 Å². The predicted molar refractivity (Wildman–Crippen MR) is 135 cm³/mol. The summed E-state index contributed by atoms with van der Waals surface area (Å²) in [6.45, 7) is 2.08. The molecule has 0 atom stereocenters. The van der Waals surface area contributed by atoms with E-state index >= 15 is 0 Å². The molecule has 10 nitrogen and oxygen atoms in total. The van der Waals surface area contributed by atoms with Gasteiger partial charge >= 0.3 is 0 Å². The molecule has 180 valence electrons. The van der Waals surface area contributed by atoms with Crippen LogP contribution >= 0.6 is 11.8 Å². The molecule has 0 saturated carbocycles. The maximum absolute atomic E-state index is 12.6. The van der Waals surface area contributed by atoms with Crippen molar-refractivity contribution in [2.75, 3.05) is 7.11 Å². The highest BCUT2D eigenvalue weighted by atomic mass is 32.2. The summed E-state index contributed by atoms with van der Waals surface area (Å²) in [7, 11) is 1.47. The molecule has 0 bridgehead atoms. The van der Waals surface area contributed by atoms with Crippen LogP contribution in [0.5, 0.6) is 11.5 Å². The Labute approximate surface area is 206 Å². The topological polar surface area (TPSA) is 130 Å². The first-order valence-corrected chi connectivity index (χ1v) is 11.7. The number of nitrogens with zero attached hydrogens (tertiary/aromatic N) is 4. The number of hydrogen-bond donors (Lipinski definition) is 1. The van der Waals surface area contributed by atoms with Gasteiger partial charge in [-0.15, -0.1) is 0 Å². The fourth-order valence-electron chi connectivity index (χ4n) is 3.49. The van der Waals surface area contributed by atoms with Crippen molar-refractivity contribution in [3.05, 3.63) is 69.3 Å². The summed E-state index contributed by atoms with van der Waals surface area (Å²) in [5.74, 6) is 0.235. The number of carbonyl (C=O) groups is 1. The fraction of sp³-hybridized carbons (Fsp3) is 0.250. The highest BCUT2D eigenvalue weighted by Crippen LogP contribution is 2.33. The molecule has 35 heavy (non-hydrogen) atoms. The summed E-state index contributed by atoms with van der Waals surface area (Å²) in [5, 5.41) is 26.8. The molecule has 1 amide bonds. The van der Waals surface area contributed by atoms with Gasteiger partial charge in [-0.3, -0.25) is 20.3 Å². The molecular weight excluding hydrogens is 470 g/mol. The molecule has 0 fully saturated rings. The molecular formula is C24H23N5O5S. The highest BCUT2D eigenvalue weighted by Gasteiger charge is 2.35. The second kappa shape index (κ2) is 10.5. The van der Waals surface area contributed by atoms with Crippen molar-refractivity contribution in [2.45, 2.75) is 32.8 Å². The summed E-state index contributed by atoms with van der Waals surface area (Å²) in [5.41, 5.74) is 1.13. The number of aliphatic imine (C=N–C) groups is 1. The van der Waals surface area contributed by atoms with Crippen LogP contribution in [0.15, 0.2) is 58.1 Å². The molecule has 1 N–H and O–H groups in total. The monoisotopic (exact) mass is 493 g/mol. The maximum atomic E-state index is 12.6. The number of ether oxygens (including phenoxy) is 2. The molecule has 2 aliphatic heterocycles. The van der Waals surface area contributed by atoms with E-state index in [0.717, 1.165) is 24.3 Å². The molecule has 2 heterocycles. The number of amidine groups is 2. The first kappa shape index (κ1) is 24.1. The molecule has 2 aliphatic rings. The number of carbonyl (C=O) groups excluding carboxylic acids is 1. The molecule has 11 heteroatoms. The van der Waals surface area contributed by atoms with E-state index in [0.29, 0.717) is 27.8 Å². The number of fused-ring (bicyclic) bond motifs is 1. The number of thioether (sulfide) groups is 1. The number of nitro groups is 1. The van der Waals surface area contributed by atoms with Gasteiger partial charge in [0.25, 0.3) is 11.6 Å². The van der Waals surface area contributed by atoms with Crippen LogP contribution in [0.2, 0.25) is 0 Å². The van der Waals surface area contributed by atoms with Gasteiger partial charge in [-0.05, 0) is 54.4 Å². The second-order valence-corrected chi connectivity index (χ2v) is 8.74. The number of benzene rings is 2. The van der Waals surface area contributed by atoms with Crippen molar-refractivity contribution in [1.82, 2.24) is 5.01 Å². The highest BCUT2D eigenvalue weighted by molar-refractivity contribution is 8.26. The minimum absolute atomic E-state index is 0.0143. The van der Waals surface area contributed by atoms with E-state index in [2.05, 4.69) is 17.0 Å². The molecule has 0 aliphatic carbocycles. The number of nitro benzene ring substituents is 1. The van der Waals surface area contributed by atoms with Gasteiger partial charge in [0.15, 0.2) is 17.3 Å². The summed E-state index contributed by atoms with van der Waals surface area (Å²) >= 11 is 1.32. The molecule has 2 aromatic carbocycles. The quantitative estimate of drug-likeness (QED) is 0.296. The Bertz CT molecular complexity index is 1290. The zero-order valence-electron chi connectivity index (χ0n) is 19.2. The zero-order chi connectivity index (χ0) is 24.9. The third-order valence-electron chi connectivity index (χ3n) is 5.31. The van der Waals surface area contributed by atoms with Gasteiger partial charge in [0.2, 0.25) is 5.17 Å². The number of nitrogens with one attached hydrogen (secondary N) is 1. The minimum atomic E-state index is -0.503. The molecule has 2 aromatic rings. The van der Waals surface area contributed by atoms with Gasteiger partial charge in [-0.1, -0.05) is 31.5 Å². The SMILES string of the molecule is CCCCC1=NN2C(=N)C(=Cc3ccc(OCc4ccccc4[N+](=O)[O-])c(OC)c3)C(=O)N=C2S1. The van der Waals surface area contributed by atoms with Gasteiger partial charge in [0.1, 0.15) is 11.7 Å². The lowest BCUT2D eigenvalue weighted by Gasteiger charge is -2.20. The number of rotatable bonds is 9. The third kappa shape index (κ3) is 5.24. The molecule has 4 rings (SSSR count). The fourth-order valence-corrected chi connectivity index (χ4v) is 4.41. The van der Waals surface area contributed by atoms with E-state index in [1.807, 2.05) is 0 Å². The Morgan fingerprint density at radius 1 is 1.23 bits per heavy atom. The summed E-state index contributed by atoms with van der Waals surface area (Å²) < 4.78 is 11.2. The Balaban J connectivity index is 1.54. The smallest absolute Gasteiger partial charge is 0.283 e. The largest absolute Gasteiger partial charge is 0.493 e. The molecule has 0 unspecified atom stereocenters.